The number of hydrogen-bond donors (Lipinski definition) is 1. The molecule has 5 nitrogen and oxygen atoms in total. The first-order valence-electron chi connectivity index (χ1n) is 8.58. The van der Waals surface area contributed by atoms with Crippen molar-refractivity contribution in [3.63, 3.8) is 0 Å². The highest BCUT2D eigenvalue weighted by Gasteiger charge is 2.09. The van der Waals surface area contributed by atoms with Crippen LogP contribution < -0.4 is 5.32 Å². The van der Waals surface area contributed by atoms with Gasteiger partial charge in [-0.2, -0.15) is 0 Å². The Balaban J connectivity index is 1.38. The van der Waals surface area contributed by atoms with Crippen LogP contribution in [0.3, 0.4) is 0 Å². The number of aromatic nitrogens is 1. The van der Waals surface area contributed by atoms with Gasteiger partial charge in [0.2, 0.25) is 0 Å². The van der Waals surface area contributed by atoms with Crippen LogP contribution in [0.15, 0.2) is 53.4 Å². The molecule has 0 aliphatic heterocycles. The van der Waals surface area contributed by atoms with E-state index in [4.69, 9.17) is 4.74 Å². The molecule has 1 heterocycles. The van der Waals surface area contributed by atoms with Crippen LogP contribution in [0.25, 0.3) is 10.2 Å². The minimum absolute atomic E-state index is 0.269. The number of hydrogen-bond acceptors (Lipinski definition) is 6. The van der Waals surface area contributed by atoms with Crippen LogP contribution in [0.5, 0.6) is 0 Å². The monoisotopic (exact) mass is 400 g/mol. The zero-order valence-corrected chi connectivity index (χ0v) is 16.6. The molecule has 0 spiro atoms. The predicted molar refractivity (Wildman–Crippen MR) is 110 cm³/mol. The summed E-state index contributed by atoms with van der Waals surface area (Å²) in [6.07, 6.45) is 3.61. The van der Waals surface area contributed by atoms with E-state index in [2.05, 4.69) is 10.3 Å². The number of thioether (sulfide) groups is 1. The van der Waals surface area contributed by atoms with E-state index >= 15 is 0 Å². The van der Waals surface area contributed by atoms with Gasteiger partial charge >= 0.3 is 5.97 Å². The minimum atomic E-state index is -0.371. The molecule has 1 amide bonds. The van der Waals surface area contributed by atoms with Crippen LogP contribution in [-0.2, 0) is 20.7 Å². The van der Waals surface area contributed by atoms with Crippen molar-refractivity contribution in [1.29, 1.82) is 0 Å². The third-order valence-electron chi connectivity index (χ3n) is 3.83. The number of anilines is 1. The van der Waals surface area contributed by atoms with E-state index in [-0.39, 0.29) is 24.9 Å². The van der Waals surface area contributed by atoms with E-state index in [1.807, 2.05) is 48.7 Å². The molecule has 3 aromatic rings. The summed E-state index contributed by atoms with van der Waals surface area (Å²) in [4.78, 5) is 29.3. The SMILES string of the molecule is CSc1cccc(NC(=O)COC(=O)CCCc2nc3ccccc3s2)c1. The molecule has 0 saturated heterocycles. The summed E-state index contributed by atoms with van der Waals surface area (Å²) in [5.41, 5.74) is 1.68. The van der Waals surface area contributed by atoms with Gasteiger partial charge in [0.05, 0.1) is 15.2 Å². The third-order valence-corrected chi connectivity index (χ3v) is 5.65. The first-order valence-corrected chi connectivity index (χ1v) is 10.6. The fourth-order valence-electron chi connectivity index (χ4n) is 2.53. The number of fused-ring (bicyclic) bond motifs is 1. The van der Waals surface area contributed by atoms with Gasteiger partial charge in [0.25, 0.3) is 5.91 Å². The molecule has 0 bridgehead atoms. The van der Waals surface area contributed by atoms with Crippen LogP contribution >= 0.6 is 23.1 Å². The molecule has 0 unspecified atom stereocenters. The Hall–Kier alpha value is -2.38. The molecule has 2 aromatic carbocycles. The first-order chi connectivity index (χ1) is 13.1. The second kappa shape index (κ2) is 9.53. The van der Waals surface area contributed by atoms with Gasteiger partial charge in [-0.15, -0.1) is 23.1 Å². The van der Waals surface area contributed by atoms with Crippen LogP contribution in [0, 0.1) is 0 Å². The molecule has 1 N–H and O–H groups in total. The summed E-state index contributed by atoms with van der Waals surface area (Å²) < 4.78 is 6.21. The third kappa shape index (κ3) is 5.80. The Morgan fingerprint density at radius 3 is 2.85 bits per heavy atom. The van der Waals surface area contributed by atoms with Crippen LogP contribution in [-0.4, -0.2) is 29.7 Å². The molecule has 7 heteroatoms. The van der Waals surface area contributed by atoms with E-state index in [9.17, 15) is 9.59 Å². The maximum Gasteiger partial charge on any atom is 0.306 e. The number of para-hydroxylation sites is 1. The Bertz CT molecular complexity index is 907. The molecule has 0 radical (unpaired) electrons. The van der Waals surface area contributed by atoms with Crippen molar-refractivity contribution < 1.29 is 14.3 Å². The summed E-state index contributed by atoms with van der Waals surface area (Å²) in [5.74, 6) is -0.711. The lowest BCUT2D eigenvalue weighted by atomic mass is 10.2. The number of thiazole rings is 1. The number of carbonyl (C=O) groups is 2. The van der Waals surface area contributed by atoms with Crippen molar-refractivity contribution in [2.24, 2.45) is 0 Å². The van der Waals surface area contributed by atoms with Crippen LogP contribution in [0.4, 0.5) is 5.69 Å². The lowest BCUT2D eigenvalue weighted by Gasteiger charge is -2.07. The van der Waals surface area contributed by atoms with Crippen molar-refractivity contribution in [3.8, 4) is 0 Å². The van der Waals surface area contributed by atoms with E-state index in [1.165, 1.54) is 0 Å². The zero-order chi connectivity index (χ0) is 19.1. The second-order valence-electron chi connectivity index (χ2n) is 5.87. The molecule has 27 heavy (non-hydrogen) atoms. The number of ether oxygens (including phenoxy) is 1. The fourth-order valence-corrected chi connectivity index (χ4v) is 4.00. The summed E-state index contributed by atoms with van der Waals surface area (Å²) >= 11 is 3.24. The summed E-state index contributed by atoms with van der Waals surface area (Å²) in [5, 5.41) is 3.74. The fraction of sp³-hybridized carbons (Fsp3) is 0.250. The largest absolute Gasteiger partial charge is 0.456 e. The second-order valence-corrected chi connectivity index (χ2v) is 7.86. The number of rotatable bonds is 8. The Morgan fingerprint density at radius 1 is 1.19 bits per heavy atom. The van der Waals surface area contributed by atoms with E-state index in [1.54, 1.807) is 29.2 Å². The average molecular weight is 401 g/mol. The lowest BCUT2D eigenvalue weighted by molar-refractivity contribution is -0.147. The molecular formula is C20H20N2O3S2. The average Bonchev–Trinajstić information content (AvgIpc) is 3.09. The van der Waals surface area contributed by atoms with Crippen LogP contribution in [0.1, 0.15) is 17.8 Å². The normalized spacial score (nSPS) is 10.7. The number of benzene rings is 2. The van der Waals surface area contributed by atoms with Gasteiger partial charge in [-0.05, 0) is 49.4 Å². The number of amides is 1. The molecule has 0 aliphatic carbocycles. The maximum absolute atomic E-state index is 11.9. The quantitative estimate of drug-likeness (QED) is 0.445. The first kappa shape index (κ1) is 19.4. The highest BCUT2D eigenvalue weighted by Crippen LogP contribution is 2.23. The molecule has 3 rings (SSSR count). The molecule has 0 atom stereocenters. The summed E-state index contributed by atoms with van der Waals surface area (Å²) in [7, 11) is 0. The van der Waals surface area contributed by atoms with Crippen molar-refractivity contribution in [1.82, 2.24) is 4.98 Å². The van der Waals surface area contributed by atoms with Crippen molar-refractivity contribution in [2.45, 2.75) is 24.2 Å². The molecule has 0 saturated carbocycles. The Kier molecular flexibility index (Phi) is 6.84. The molecule has 1 aromatic heterocycles. The van der Waals surface area contributed by atoms with Crippen molar-refractivity contribution in [2.75, 3.05) is 18.2 Å². The summed E-state index contributed by atoms with van der Waals surface area (Å²) in [6.45, 7) is -0.274. The van der Waals surface area contributed by atoms with Gasteiger partial charge < -0.3 is 10.1 Å². The molecular weight excluding hydrogens is 380 g/mol. The predicted octanol–water partition coefficient (Wildman–Crippen LogP) is 4.52. The van der Waals surface area contributed by atoms with Gasteiger partial charge in [0.15, 0.2) is 6.61 Å². The van der Waals surface area contributed by atoms with Crippen molar-refractivity contribution in [3.05, 3.63) is 53.5 Å². The lowest BCUT2D eigenvalue weighted by Crippen LogP contribution is -2.20. The molecule has 0 aliphatic rings. The van der Waals surface area contributed by atoms with E-state index < -0.39 is 0 Å². The Labute approximate surface area is 166 Å². The van der Waals surface area contributed by atoms with E-state index in [0.29, 0.717) is 12.1 Å². The van der Waals surface area contributed by atoms with Gasteiger partial charge in [0.1, 0.15) is 0 Å². The van der Waals surface area contributed by atoms with Gasteiger partial charge in [-0.1, -0.05) is 18.2 Å². The van der Waals surface area contributed by atoms with Gasteiger partial charge in [-0.3, -0.25) is 9.59 Å². The smallest absolute Gasteiger partial charge is 0.306 e. The number of nitrogens with one attached hydrogen (secondary N) is 1. The summed E-state index contributed by atoms with van der Waals surface area (Å²) in [6, 6.07) is 15.5. The number of esters is 1. The number of carbonyl (C=O) groups excluding carboxylic acids is 2. The molecule has 0 fully saturated rings. The van der Waals surface area contributed by atoms with E-state index in [0.717, 1.165) is 26.5 Å². The van der Waals surface area contributed by atoms with Crippen molar-refractivity contribution >= 4 is 50.9 Å². The minimum Gasteiger partial charge on any atom is -0.456 e. The van der Waals surface area contributed by atoms with Crippen LogP contribution in [0.2, 0.25) is 0 Å². The highest BCUT2D eigenvalue weighted by atomic mass is 32.2. The standard InChI is InChI=1S/C20H20N2O3S2/c1-26-15-7-4-6-14(12-15)21-18(23)13-25-20(24)11-5-10-19-22-16-8-2-3-9-17(16)27-19/h2-4,6-9,12H,5,10-11,13H2,1H3,(H,21,23). The zero-order valence-electron chi connectivity index (χ0n) is 14.9. The topological polar surface area (TPSA) is 68.3 Å². The highest BCUT2D eigenvalue weighted by molar-refractivity contribution is 7.98. The number of nitrogens with zero attached hydrogens (tertiary/aromatic N) is 1. The van der Waals surface area contributed by atoms with Gasteiger partial charge in [0, 0.05) is 17.0 Å². The van der Waals surface area contributed by atoms with Gasteiger partial charge in [-0.25, -0.2) is 4.98 Å². The maximum atomic E-state index is 11.9. The number of aryl methyl sites for hydroxylation is 1. The molecule has 140 valence electrons. The Morgan fingerprint density at radius 2 is 2.04 bits per heavy atom.